The third-order valence-corrected chi connectivity index (χ3v) is 4.03. The van der Waals surface area contributed by atoms with Crippen LogP contribution in [0.4, 0.5) is 10.8 Å². The Morgan fingerprint density at radius 3 is 2.86 bits per heavy atom. The molecule has 3 aromatic rings. The lowest BCUT2D eigenvalue weighted by molar-refractivity contribution is 0.102. The van der Waals surface area contributed by atoms with Crippen LogP contribution >= 0.6 is 22.9 Å². The Morgan fingerprint density at radius 2 is 2.10 bits per heavy atom. The number of nitrogens with zero attached hydrogens (tertiary/aromatic N) is 2. The standard InChI is InChI=1S/C14H11ClN4OS/c1-7-9(4-5-12(15)17-7)18-13(20)8-2-3-10-11(6-8)21-14(16)19-10/h2-6H,1H3,(H2,16,19)(H,18,20). The molecule has 2 aromatic heterocycles. The predicted molar refractivity (Wildman–Crippen MR) is 86.0 cm³/mol. The van der Waals surface area contributed by atoms with Crippen LogP contribution in [-0.4, -0.2) is 15.9 Å². The normalized spacial score (nSPS) is 10.8. The van der Waals surface area contributed by atoms with E-state index < -0.39 is 0 Å². The zero-order valence-electron chi connectivity index (χ0n) is 11.1. The summed E-state index contributed by atoms with van der Waals surface area (Å²) in [6, 6.07) is 8.64. The Hall–Kier alpha value is -2.18. The van der Waals surface area contributed by atoms with E-state index in [9.17, 15) is 4.79 Å². The highest BCUT2D eigenvalue weighted by Gasteiger charge is 2.11. The molecular formula is C14H11ClN4OS. The molecule has 3 rings (SSSR count). The molecular weight excluding hydrogens is 308 g/mol. The second kappa shape index (κ2) is 5.31. The smallest absolute Gasteiger partial charge is 0.255 e. The Kier molecular flexibility index (Phi) is 3.48. The number of hydrogen-bond acceptors (Lipinski definition) is 5. The number of aryl methyl sites for hydroxylation is 1. The summed E-state index contributed by atoms with van der Waals surface area (Å²) >= 11 is 7.15. The highest BCUT2D eigenvalue weighted by molar-refractivity contribution is 7.22. The lowest BCUT2D eigenvalue weighted by Gasteiger charge is -2.08. The van der Waals surface area contributed by atoms with Crippen LogP contribution in [0.25, 0.3) is 10.2 Å². The maximum absolute atomic E-state index is 12.3. The number of halogens is 1. The average Bonchev–Trinajstić information content (AvgIpc) is 2.80. The van der Waals surface area contributed by atoms with Crippen molar-refractivity contribution in [3.63, 3.8) is 0 Å². The number of nitrogen functional groups attached to an aromatic ring is 1. The van der Waals surface area contributed by atoms with Crippen LogP contribution in [0.2, 0.25) is 5.15 Å². The predicted octanol–water partition coefficient (Wildman–Crippen LogP) is 3.49. The van der Waals surface area contributed by atoms with Gasteiger partial charge in [-0.1, -0.05) is 22.9 Å². The minimum absolute atomic E-state index is 0.212. The van der Waals surface area contributed by atoms with Gasteiger partial charge in [0, 0.05) is 5.56 Å². The first-order chi connectivity index (χ1) is 10.0. The summed E-state index contributed by atoms with van der Waals surface area (Å²) in [5, 5.41) is 3.70. The Labute approximate surface area is 129 Å². The van der Waals surface area contributed by atoms with Crippen molar-refractivity contribution in [2.24, 2.45) is 0 Å². The van der Waals surface area contributed by atoms with E-state index in [1.54, 1.807) is 37.3 Å². The minimum atomic E-state index is -0.212. The van der Waals surface area contributed by atoms with Gasteiger partial charge in [0.2, 0.25) is 0 Å². The number of carbonyl (C=O) groups excluding carboxylic acids is 1. The maximum atomic E-state index is 12.3. The van der Waals surface area contributed by atoms with Gasteiger partial charge < -0.3 is 11.1 Å². The fraction of sp³-hybridized carbons (Fsp3) is 0.0714. The summed E-state index contributed by atoms with van der Waals surface area (Å²) in [5.74, 6) is -0.212. The van der Waals surface area contributed by atoms with Gasteiger partial charge in [-0.05, 0) is 37.3 Å². The summed E-state index contributed by atoms with van der Waals surface area (Å²) in [6.45, 7) is 1.79. The van der Waals surface area contributed by atoms with Crippen molar-refractivity contribution >= 4 is 49.9 Å². The number of pyridine rings is 1. The number of hydrogen-bond donors (Lipinski definition) is 2. The van der Waals surface area contributed by atoms with E-state index in [0.29, 0.717) is 27.2 Å². The molecule has 2 heterocycles. The Balaban J connectivity index is 1.89. The monoisotopic (exact) mass is 318 g/mol. The van der Waals surface area contributed by atoms with E-state index in [0.717, 1.165) is 10.2 Å². The second-order valence-corrected chi connectivity index (χ2v) is 5.91. The van der Waals surface area contributed by atoms with Gasteiger partial charge in [0.15, 0.2) is 5.13 Å². The summed E-state index contributed by atoms with van der Waals surface area (Å²) in [4.78, 5) is 20.5. The molecule has 0 fully saturated rings. The van der Waals surface area contributed by atoms with Crippen molar-refractivity contribution in [2.45, 2.75) is 6.92 Å². The van der Waals surface area contributed by atoms with Crippen molar-refractivity contribution < 1.29 is 4.79 Å². The van der Waals surface area contributed by atoms with Gasteiger partial charge in [-0.25, -0.2) is 9.97 Å². The number of carbonyl (C=O) groups is 1. The molecule has 0 bridgehead atoms. The van der Waals surface area contributed by atoms with Gasteiger partial charge in [-0.2, -0.15) is 0 Å². The Bertz CT molecular complexity index is 846. The number of anilines is 2. The topological polar surface area (TPSA) is 80.9 Å². The summed E-state index contributed by atoms with van der Waals surface area (Å²) < 4.78 is 0.881. The second-order valence-electron chi connectivity index (χ2n) is 4.46. The maximum Gasteiger partial charge on any atom is 0.255 e. The quantitative estimate of drug-likeness (QED) is 0.709. The van der Waals surface area contributed by atoms with E-state index in [2.05, 4.69) is 15.3 Å². The summed E-state index contributed by atoms with van der Waals surface area (Å²) in [6.07, 6.45) is 0. The lowest BCUT2D eigenvalue weighted by Crippen LogP contribution is -2.13. The Morgan fingerprint density at radius 1 is 1.29 bits per heavy atom. The number of amides is 1. The van der Waals surface area contributed by atoms with Crippen molar-refractivity contribution in [1.29, 1.82) is 0 Å². The van der Waals surface area contributed by atoms with Gasteiger partial charge in [-0.3, -0.25) is 4.79 Å². The largest absolute Gasteiger partial charge is 0.375 e. The third-order valence-electron chi connectivity index (χ3n) is 2.97. The van der Waals surface area contributed by atoms with Crippen LogP contribution in [0.1, 0.15) is 16.1 Å². The molecule has 0 radical (unpaired) electrons. The van der Waals surface area contributed by atoms with Crippen LogP contribution in [0, 0.1) is 6.92 Å². The van der Waals surface area contributed by atoms with Crippen LogP contribution in [0.3, 0.4) is 0 Å². The zero-order valence-corrected chi connectivity index (χ0v) is 12.6. The number of thiazole rings is 1. The fourth-order valence-corrected chi connectivity index (χ4v) is 2.90. The molecule has 0 saturated heterocycles. The highest BCUT2D eigenvalue weighted by Crippen LogP contribution is 2.25. The molecule has 1 amide bonds. The molecule has 7 heteroatoms. The summed E-state index contributed by atoms with van der Waals surface area (Å²) in [7, 11) is 0. The minimum Gasteiger partial charge on any atom is -0.375 e. The zero-order chi connectivity index (χ0) is 15.0. The fourth-order valence-electron chi connectivity index (χ4n) is 1.94. The van der Waals surface area contributed by atoms with E-state index in [4.69, 9.17) is 17.3 Å². The molecule has 21 heavy (non-hydrogen) atoms. The molecule has 0 aliphatic carbocycles. The van der Waals surface area contributed by atoms with Crippen LogP contribution in [-0.2, 0) is 0 Å². The first-order valence-corrected chi connectivity index (χ1v) is 7.33. The third kappa shape index (κ3) is 2.81. The van der Waals surface area contributed by atoms with E-state index >= 15 is 0 Å². The number of nitrogens with two attached hydrogens (primary N) is 1. The molecule has 0 atom stereocenters. The SMILES string of the molecule is Cc1nc(Cl)ccc1NC(=O)c1ccc2nc(N)sc2c1. The number of benzene rings is 1. The molecule has 1 aromatic carbocycles. The molecule has 0 aliphatic heterocycles. The van der Waals surface area contributed by atoms with E-state index in [-0.39, 0.29) is 5.91 Å². The lowest BCUT2D eigenvalue weighted by atomic mass is 10.2. The molecule has 0 unspecified atom stereocenters. The van der Waals surface area contributed by atoms with Gasteiger partial charge in [0.25, 0.3) is 5.91 Å². The van der Waals surface area contributed by atoms with Crippen LogP contribution in [0.15, 0.2) is 30.3 Å². The summed E-state index contributed by atoms with van der Waals surface area (Å²) in [5.41, 5.74) is 8.29. The van der Waals surface area contributed by atoms with E-state index in [1.165, 1.54) is 11.3 Å². The van der Waals surface area contributed by atoms with Crippen LogP contribution < -0.4 is 11.1 Å². The van der Waals surface area contributed by atoms with Crippen molar-refractivity contribution in [3.05, 3.63) is 46.7 Å². The van der Waals surface area contributed by atoms with Crippen LogP contribution in [0.5, 0.6) is 0 Å². The number of aromatic nitrogens is 2. The van der Waals surface area contributed by atoms with Gasteiger partial charge in [-0.15, -0.1) is 0 Å². The average molecular weight is 319 g/mol. The van der Waals surface area contributed by atoms with Gasteiger partial charge >= 0.3 is 0 Å². The number of fused-ring (bicyclic) bond motifs is 1. The molecule has 5 nitrogen and oxygen atoms in total. The molecule has 0 spiro atoms. The first kappa shape index (κ1) is 13.8. The molecule has 106 valence electrons. The highest BCUT2D eigenvalue weighted by atomic mass is 35.5. The number of nitrogens with one attached hydrogen (secondary N) is 1. The van der Waals surface area contributed by atoms with E-state index in [1.807, 2.05) is 0 Å². The first-order valence-electron chi connectivity index (χ1n) is 6.13. The van der Waals surface area contributed by atoms with Crippen molar-refractivity contribution in [3.8, 4) is 0 Å². The molecule has 0 saturated carbocycles. The van der Waals surface area contributed by atoms with Crippen molar-refractivity contribution in [2.75, 3.05) is 11.1 Å². The molecule has 0 aliphatic rings. The molecule has 3 N–H and O–H groups in total. The van der Waals surface area contributed by atoms with Gasteiger partial charge in [0.1, 0.15) is 5.15 Å². The van der Waals surface area contributed by atoms with Crippen molar-refractivity contribution in [1.82, 2.24) is 9.97 Å². The van der Waals surface area contributed by atoms with Gasteiger partial charge in [0.05, 0.1) is 21.6 Å². The number of rotatable bonds is 2.